The van der Waals surface area contributed by atoms with Crippen molar-refractivity contribution in [1.29, 1.82) is 0 Å². The highest BCUT2D eigenvalue weighted by molar-refractivity contribution is 5.94. The predicted molar refractivity (Wildman–Crippen MR) is 157 cm³/mol. The molecule has 0 bridgehead atoms. The van der Waals surface area contributed by atoms with E-state index in [9.17, 15) is 9.59 Å². The number of hydrogen-bond donors (Lipinski definition) is 2. The standard InChI is InChI=1S/C32H46N4O3/c1-5-7-31(37)34-20-25-8-6-9-30(19-25)39-29-14-11-26(12-15-29)32(38)35(4)28-13-10-27(23(2)18-28)22-36-17-16-33-24(3)21-36/h6,8-10,13,18-19,24,26,29,33H,5,7,11-12,14-17,20-22H2,1-4H3,(H,34,37)/t24-,26-,29-/m0/s1. The molecule has 2 N–H and O–H groups in total. The molecule has 2 fully saturated rings. The molecule has 1 atom stereocenters. The van der Waals surface area contributed by atoms with Gasteiger partial charge in [-0.1, -0.05) is 25.1 Å². The van der Waals surface area contributed by atoms with Crippen LogP contribution in [0.5, 0.6) is 5.75 Å². The number of anilines is 1. The lowest BCUT2D eigenvalue weighted by atomic mass is 9.86. The van der Waals surface area contributed by atoms with Gasteiger partial charge in [0.15, 0.2) is 0 Å². The Bertz CT molecular complexity index is 1110. The Morgan fingerprint density at radius 2 is 1.92 bits per heavy atom. The van der Waals surface area contributed by atoms with Gasteiger partial charge in [0.2, 0.25) is 11.8 Å². The van der Waals surface area contributed by atoms with Gasteiger partial charge in [-0.2, -0.15) is 0 Å². The molecule has 2 aromatic rings. The fourth-order valence-corrected chi connectivity index (χ4v) is 5.73. The number of hydrogen-bond acceptors (Lipinski definition) is 5. The Hall–Kier alpha value is -2.90. The van der Waals surface area contributed by atoms with Crippen molar-refractivity contribution in [1.82, 2.24) is 15.5 Å². The molecule has 0 aromatic heterocycles. The van der Waals surface area contributed by atoms with E-state index in [1.165, 1.54) is 11.1 Å². The van der Waals surface area contributed by atoms with E-state index in [0.29, 0.717) is 19.0 Å². The van der Waals surface area contributed by atoms with Crippen molar-refractivity contribution in [3.8, 4) is 5.75 Å². The summed E-state index contributed by atoms with van der Waals surface area (Å²) in [6.07, 6.45) is 4.90. The highest BCUT2D eigenvalue weighted by Crippen LogP contribution is 2.31. The maximum atomic E-state index is 13.4. The van der Waals surface area contributed by atoms with Crippen LogP contribution in [0.15, 0.2) is 42.5 Å². The van der Waals surface area contributed by atoms with E-state index in [1.54, 1.807) is 0 Å². The molecule has 1 saturated heterocycles. The molecule has 0 spiro atoms. The monoisotopic (exact) mass is 534 g/mol. The van der Waals surface area contributed by atoms with E-state index in [4.69, 9.17) is 4.74 Å². The van der Waals surface area contributed by atoms with Gasteiger partial charge in [-0.05, 0) is 86.9 Å². The molecule has 7 nitrogen and oxygen atoms in total. The van der Waals surface area contributed by atoms with Crippen molar-refractivity contribution in [3.05, 3.63) is 59.2 Å². The minimum Gasteiger partial charge on any atom is -0.490 e. The largest absolute Gasteiger partial charge is 0.490 e. The normalized spacial score (nSPS) is 21.8. The number of piperazine rings is 1. The molecule has 1 saturated carbocycles. The summed E-state index contributed by atoms with van der Waals surface area (Å²) in [4.78, 5) is 29.5. The molecule has 0 unspecified atom stereocenters. The van der Waals surface area contributed by atoms with Crippen molar-refractivity contribution in [3.63, 3.8) is 0 Å². The van der Waals surface area contributed by atoms with Crippen LogP contribution in [0, 0.1) is 12.8 Å². The van der Waals surface area contributed by atoms with Gasteiger partial charge >= 0.3 is 0 Å². The van der Waals surface area contributed by atoms with E-state index in [2.05, 4.69) is 47.6 Å². The average Bonchev–Trinajstić information content (AvgIpc) is 2.93. The minimum absolute atomic E-state index is 0.0253. The number of carbonyl (C=O) groups is 2. The second kappa shape index (κ2) is 13.9. The lowest BCUT2D eigenvalue weighted by molar-refractivity contribution is -0.123. The molecule has 1 heterocycles. The van der Waals surface area contributed by atoms with Crippen molar-refractivity contribution in [2.45, 2.75) is 84.5 Å². The summed E-state index contributed by atoms with van der Waals surface area (Å²) < 4.78 is 6.28. The number of amides is 2. The van der Waals surface area contributed by atoms with E-state index in [1.807, 2.05) is 43.1 Å². The summed E-state index contributed by atoms with van der Waals surface area (Å²) >= 11 is 0. The first-order valence-corrected chi connectivity index (χ1v) is 14.7. The van der Waals surface area contributed by atoms with Crippen LogP contribution in [0.3, 0.4) is 0 Å². The third-order valence-electron chi connectivity index (χ3n) is 8.08. The zero-order valence-corrected chi connectivity index (χ0v) is 24.2. The Labute approximate surface area is 234 Å². The van der Waals surface area contributed by atoms with Crippen LogP contribution in [-0.2, 0) is 22.7 Å². The lowest BCUT2D eigenvalue weighted by Gasteiger charge is -2.32. The smallest absolute Gasteiger partial charge is 0.229 e. The Kier molecular flexibility index (Phi) is 10.4. The fourth-order valence-electron chi connectivity index (χ4n) is 5.73. The first-order chi connectivity index (χ1) is 18.8. The highest BCUT2D eigenvalue weighted by Gasteiger charge is 2.30. The molecule has 7 heteroatoms. The molecular formula is C32H46N4O3. The van der Waals surface area contributed by atoms with Crippen LogP contribution < -0.4 is 20.3 Å². The van der Waals surface area contributed by atoms with Gasteiger partial charge in [0, 0.05) is 63.8 Å². The molecule has 2 amide bonds. The van der Waals surface area contributed by atoms with E-state index >= 15 is 0 Å². The molecule has 2 aliphatic rings. The lowest BCUT2D eigenvalue weighted by Crippen LogP contribution is -2.48. The zero-order chi connectivity index (χ0) is 27.8. The third-order valence-corrected chi connectivity index (χ3v) is 8.08. The summed E-state index contributed by atoms with van der Waals surface area (Å²) in [5.74, 6) is 1.13. The van der Waals surface area contributed by atoms with Crippen LogP contribution in [-0.4, -0.2) is 55.5 Å². The van der Waals surface area contributed by atoms with Gasteiger partial charge in [0.25, 0.3) is 0 Å². The van der Waals surface area contributed by atoms with Crippen molar-refractivity contribution in [2.75, 3.05) is 31.6 Å². The van der Waals surface area contributed by atoms with Crippen LogP contribution in [0.2, 0.25) is 0 Å². The van der Waals surface area contributed by atoms with Crippen molar-refractivity contribution >= 4 is 17.5 Å². The average molecular weight is 535 g/mol. The van der Waals surface area contributed by atoms with Gasteiger partial charge in [0.05, 0.1) is 6.10 Å². The summed E-state index contributed by atoms with van der Waals surface area (Å²) in [6, 6.07) is 14.9. The summed E-state index contributed by atoms with van der Waals surface area (Å²) in [5, 5.41) is 6.46. The van der Waals surface area contributed by atoms with Crippen LogP contribution >= 0.6 is 0 Å². The van der Waals surface area contributed by atoms with E-state index in [0.717, 1.165) is 75.3 Å². The van der Waals surface area contributed by atoms with Gasteiger partial charge in [-0.15, -0.1) is 0 Å². The number of nitrogens with one attached hydrogen (secondary N) is 2. The van der Waals surface area contributed by atoms with Crippen LogP contribution in [0.25, 0.3) is 0 Å². The van der Waals surface area contributed by atoms with Crippen LogP contribution in [0.1, 0.15) is 69.1 Å². The fraction of sp³-hybridized carbons (Fsp3) is 0.562. The predicted octanol–water partition coefficient (Wildman–Crippen LogP) is 4.81. The molecule has 0 radical (unpaired) electrons. The topological polar surface area (TPSA) is 73.9 Å². The van der Waals surface area contributed by atoms with Gasteiger partial charge < -0.3 is 20.3 Å². The third kappa shape index (κ3) is 8.29. The Balaban J connectivity index is 1.26. The number of nitrogens with zero attached hydrogens (tertiary/aromatic N) is 2. The van der Waals surface area contributed by atoms with Crippen LogP contribution in [0.4, 0.5) is 5.69 Å². The first-order valence-electron chi connectivity index (χ1n) is 14.7. The molecular weight excluding hydrogens is 488 g/mol. The Morgan fingerprint density at radius 3 is 2.64 bits per heavy atom. The van der Waals surface area contributed by atoms with Gasteiger partial charge in [-0.25, -0.2) is 0 Å². The highest BCUT2D eigenvalue weighted by atomic mass is 16.5. The number of ether oxygens (including phenoxy) is 1. The molecule has 1 aliphatic heterocycles. The molecule has 4 rings (SSSR count). The van der Waals surface area contributed by atoms with Crippen molar-refractivity contribution < 1.29 is 14.3 Å². The van der Waals surface area contributed by atoms with Gasteiger partial charge in [0.1, 0.15) is 5.75 Å². The Morgan fingerprint density at radius 1 is 1.13 bits per heavy atom. The maximum absolute atomic E-state index is 13.4. The summed E-state index contributed by atoms with van der Waals surface area (Å²) in [5.41, 5.74) is 4.57. The summed E-state index contributed by atoms with van der Waals surface area (Å²) in [6.45, 7) is 11.0. The quantitative estimate of drug-likeness (QED) is 0.458. The number of rotatable bonds is 10. The first kappa shape index (κ1) is 29.1. The maximum Gasteiger partial charge on any atom is 0.229 e. The summed E-state index contributed by atoms with van der Waals surface area (Å²) in [7, 11) is 1.90. The number of benzene rings is 2. The molecule has 2 aromatic carbocycles. The number of carbonyl (C=O) groups excluding carboxylic acids is 2. The second-order valence-electron chi connectivity index (χ2n) is 11.4. The number of aryl methyl sites for hydroxylation is 1. The second-order valence-corrected chi connectivity index (χ2v) is 11.4. The van der Waals surface area contributed by atoms with Crippen molar-refractivity contribution in [2.24, 2.45) is 5.92 Å². The molecule has 39 heavy (non-hydrogen) atoms. The van der Waals surface area contributed by atoms with Gasteiger partial charge in [-0.3, -0.25) is 14.5 Å². The SMILES string of the molecule is CCCC(=O)NCc1cccc(O[C@H]2CC[C@H](C(=O)N(C)c3ccc(CN4CCN[C@@H](C)C4)c(C)c3)CC2)c1. The molecule has 212 valence electrons. The van der Waals surface area contributed by atoms with E-state index in [-0.39, 0.29) is 23.8 Å². The minimum atomic E-state index is 0.0253. The zero-order valence-electron chi connectivity index (χ0n) is 24.2. The molecule has 1 aliphatic carbocycles. The van der Waals surface area contributed by atoms with E-state index < -0.39 is 0 Å².